The van der Waals surface area contributed by atoms with Crippen LogP contribution in [-0.2, 0) is 20.9 Å². The molecule has 49 heavy (non-hydrogen) atoms. The van der Waals surface area contributed by atoms with Gasteiger partial charge in [-0.05, 0) is 84.0 Å². The second-order valence-electron chi connectivity index (χ2n) is 15.3. The molecule has 256 valence electrons. The molecule has 1 aliphatic heterocycles. The molecule has 3 aromatic carbocycles. The highest BCUT2D eigenvalue weighted by Gasteiger charge is 2.49. The quantitative estimate of drug-likeness (QED) is 0.256. The zero-order valence-electron chi connectivity index (χ0n) is 29.5. The Morgan fingerprint density at radius 3 is 2.04 bits per heavy atom. The van der Waals surface area contributed by atoms with Gasteiger partial charge >= 0.3 is 0 Å². The average molecular weight is 681 g/mol. The van der Waals surface area contributed by atoms with Crippen molar-refractivity contribution in [2.24, 2.45) is 10.8 Å². The standard InChI is InChI=1S/C41H45ClN2O5/c1-24-13-14-28(15-25(24)2)43-35(47)23-49-39-29(42)16-27(17-34(39)48-7)36-37-30(18-40(3,4)20-32(37)45)44(22-26-11-9-8-10-12-26)31-19-41(5,6)21-33(46)38(31)36/h8-17,36H,18-23H2,1-7H3,(H,43,47). The molecule has 0 fully saturated rings. The lowest BCUT2D eigenvalue weighted by Crippen LogP contribution is -2.44. The molecule has 2 aliphatic carbocycles. The van der Waals surface area contributed by atoms with Crippen LogP contribution in [0.1, 0.15) is 81.5 Å². The molecule has 0 aromatic heterocycles. The molecule has 0 bridgehead atoms. The first-order valence-corrected chi connectivity index (χ1v) is 17.3. The van der Waals surface area contributed by atoms with E-state index in [2.05, 4.69) is 50.0 Å². The van der Waals surface area contributed by atoms with Gasteiger partial charge in [0.2, 0.25) is 0 Å². The van der Waals surface area contributed by atoms with Crippen molar-refractivity contribution in [1.29, 1.82) is 0 Å². The number of carbonyl (C=O) groups is 3. The Hall–Kier alpha value is -4.36. The van der Waals surface area contributed by atoms with Crippen molar-refractivity contribution in [3.8, 4) is 11.5 Å². The van der Waals surface area contributed by atoms with Gasteiger partial charge in [-0.3, -0.25) is 14.4 Å². The van der Waals surface area contributed by atoms with E-state index in [0.717, 1.165) is 28.1 Å². The fourth-order valence-electron chi connectivity index (χ4n) is 7.54. The third kappa shape index (κ3) is 7.04. The normalized spacial score (nSPS) is 18.7. The summed E-state index contributed by atoms with van der Waals surface area (Å²) in [7, 11) is 1.51. The lowest BCUT2D eigenvalue weighted by Gasteiger charge is -2.49. The van der Waals surface area contributed by atoms with E-state index < -0.39 is 5.92 Å². The molecule has 0 unspecified atom stereocenters. The van der Waals surface area contributed by atoms with Gasteiger partial charge < -0.3 is 19.7 Å². The van der Waals surface area contributed by atoms with Gasteiger partial charge in [0.1, 0.15) is 0 Å². The first-order chi connectivity index (χ1) is 23.2. The van der Waals surface area contributed by atoms with Crippen LogP contribution in [0, 0.1) is 24.7 Å². The minimum atomic E-state index is -0.599. The summed E-state index contributed by atoms with van der Waals surface area (Å²) >= 11 is 6.91. The van der Waals surface area contributed by atoms with Gasteiger partial charge in [0.15, 0.2) is 29.7 Å². The van der Waals surface area contributed by atoms with E-state index in [4.69, 9.17) is 21.1 Å². The second kappa shape index (κ2) is 13.2. The predicted octanol–water partition coefficient (Wildman–Crippen LogP) is 8.87. The Labute approximate surface area is 294 Å². The number of ether oxygens (including phenoxy) is 2. The van der Waals surface area contributed by atoms with Gasteiger partial charge in [0.05, 0.1) is 12.1 Å². The minimum absolute atomic E-state index is 0.0388. The molecule has 1 amide bonds. The number of allylic oxidation sites excluding steroid dienone is 4. The summed E-state index contributed by atoms with van der Waals surface area (Å²) in [4.78, 5) is 43.6. The number of hydrogen-bond donors (Lipinski definition) is 1. The summed E-state index contributed by atoms with van der Waals surface area (Å²) in [5, 5.41) is 3.10. The predicted molar refractivity (Wildman–Crippen MR) is 193 cm³/mol. The number of nitrogens with one attached hydrogen (secondary N) is 1. The third-order valence-electron chi connectivity index (χ3n) is 9.93. The van der Waals surface area contributed by atoms with Crippen molar-refractivity contribution < 1.29 is 23.9 Å². The van der Waals surface area contributed by atoms with Gasteiger partial charge in [0, 0.05) is 53.5 Å². The molecule has 0 saturated heterocycles. The number of Topliss-reactive ketones (excluding diaryl/α,β-unsaturated/α-hetero) is 2. The van der Waals surface area contributed by atoms with Crippen molar-refractivity contribution in [3.63, 3.8) is 0 Å². The van der Waals surface area contributed by atoms with E-state index in [1.54, 1.807) is 12.1 Å². The number of anilines is 1. The largest absolute Gasteiger partial charge is 0.493 e. The van der Waals surface area contributed by atoms with Gasteiger partial charge in [0.25, 0.3) is 5.91 Å². The number of benzene rings is 3. The number of amides is 1. The maximum atomic E-state index is 14.3. The Bertz CT molecular complexity index is 1850. The number of aryl methyl sites for hydroxylation is 2. The van der Waals surface area contributed by atoms with E-state index in [1.165, 1.54) is 7.11 Å². The molecule has 3 aliphatic rings. The van der Waals surface area contributed by atoms with Crippen LogP contribution in [0.3, 0.4) is 0 Å². The summed E-state index contributed by atoms with van der Waals surface area (Å²) in [5.74, 6) is -0.316. The first kappa shape index (κ1) is 34.5. The Kier molecular flexibility index (Phi) is 9.27. The van der Waals surface area contributed by atoms with Crippen molar-refractivity contribution in [2.45, 2.75) is 79.7 Å². The minimum Gasteiger partial charge on any atom is -0.493 e. The van der Waals surface area contributed by atoms with Crippen molar-refractivity contribution in [3.05, 3.63) is 110 Å². The van der Waals surface area contributed by atoms with E-state index in [9.17, 15) is 14.4 Å². The van der Waals surface area contributed by atoms with Crippen molar-refractivity contribution in [1.82, 2.24) is 4.90 Å². The van der Waals surface area contributed by atoms with Crippen molar-refractivity contribution >= 4 is 34.8 Å². The van der Waals surface area contributed by atoms with Crippen LogP contribution in [0.5, 0.6) is 11.5 Å². The molecule has 1 heterocycles. The molecular formula is C41H45ClN2O5. The van der Waals surface area contributed by atoms with Crippen LogP contribution < -0.4 is 14.8 Å². The van der Waals surface area contributed by atoms with E-state index in [0.29, 0.717) is 60.4 Å². The monoisotopic (exact) mass is 680 g/mol. The number of rotatable bonds is 8. The summed E-state index contributed by atoms with van der Waals surface area (Å²) in [6, 6.07) is 19.5. The Morgan fingerprint density at radius 2 is 1.47 bits per heavy atom. The molecule has 0 saturated carbocycles. The van der Waals surface area contributed by atoms with Crippen LogP contribution in [0.25, 0.3) is 0 Å². The third-order valence-corrected chi connectivity index (χ3v) is 10.2. The summed E-state index contributed by atoms with van der Waals surface area (Å²) < 4.78 is 11.7. The zero-order valence-corrected chi connectivity index (χ0v) is 30.2. The maximum Gasteiger partial charge on any atom is 0.262 e. The van der Waals surface area contributed by atoms with E-state index >= 15 is 0 Å². The summed E-state index contributed by atoms with van der Waals surface area (Å²) in [5.41, 5.74) is 7.45. The van der Waals surface area contributed by atoms with Crippen LogP contribution in [0.2, 0.25) is 5.02 Å². The number of carbonyl (C=O) groups excluding carboxylic acids is 3. The van der Waals surface area contributed by atoms with Gasteiger partial charge in [-0.1, -0.05) is 75.7 Å². The van der Waals surface area contributed by atoms with Crippen LogP contribution in [0.4, 0.5) is 5.69 Å². The van der Waals surface area contributed by atoms with Crippen LogP contribution in [0.15, 0.2) is 83.2 Å². The summed E-state index contributed by atoms with van der Waals surface area (Å²) in [6.45, 7) is 12.8. The summed E-state index contributed by atoms with van der Waals surface area (Å²) in [6.07, 6.45) is 2.16. The molecule has 6 rings (SSSR count). The molecule has 7 nitrogen and oxygen atoms in total. The SMILES string of the molecule is COc1cc(C2C3=C(CC(C)(C)CC3=O)N(Cc3ccccc3)C3=C2C(=O)CC(C)(C)C3)cc(Cl)c1OCC(=O)Nc1ccc(C)c(C)c1. The Morgan fingerprint density at radius 1 is 0.857 bits per heavy atom. The number of nitrogens with zero attached hydrogens (tertiary/aromatic N) is 1. The topological polar surface area (TPSA) is 84.9 Å². The number of halogens is 1. The molecule has 3 aromatic rings. The van der Waals surface area contributed by atoms with Crippen LogP contribution in [-0.4, -0.2) is 36.1 Å². The fraction of sp³-hybridized carbons (Fsp3) is 0.390. The number of ketones is 2. The lowest BCUT2D eigenvalue weighted by atomic mass is 9.63. The van der Waals surface area contributed by atoms with Gasteiger partial charge in [-0.15, -0.1) is 0 Å². The van der Waals surface area contributed by atoms with Crippen molar-refractivity contribution in [2.75, 3.05) is 19.0 Å². The second-order valence-corrected chi connectivity index (χ2v) is 15.7. The lowest BCUT2D eigenvalue weighted by molar-refractivity contribution is -0.120. The Balaban J connectivity index is 1.41. The highest BCUT2D eigenvalue weighted by Crippen LogP contribution is 2.55. The molecular weight excluding hydrogens is 636 g/mol. The highest BCUT2D eigenvalue weighted by molar-refractivity contribution is 6.32. The smallest absolute Gasteiger partial charge is 0.262 e. The highest BCUT2D eigenvalue weighted by atomic mass is 35.5. The fourth-order valence-corrected chi connectivity index (χ4v) is 7.81. The van der Waals surface area contributed by atoms with Crippen LogP contribution >= 0.6 is 11.6 Å². The first-order valence-electron chi connectivity index (χ1n) is 16.9. The van der Waals surface area contributed by atoms with Gasteiger partial charge in [-0.25, -0.2) is 0 Å². The molecule has 1 N–H and O–H groups in total. The van der Waals surface area contributed by atoms with Gasteiger partial charge in [-0.2, -0.15) is 0 Å². The van der Waals surface area contributed by atoms with E-state index in [1.807, 2.05) is 50.2 Å². The number of hydrogen-bond acceptors (Lipinski definition) is 6. The maximum absolute atomic E-state index is 14.3. The molecule has 0 radical (unpaired) electrons. The zero-order chi connectivity index (χ0) is 35.2. The molecule has 0 spiro atoms. The molecule has 0 atom stereocenters. The molecule has 8 heteroatoms. The average Bonchev–Trinajstić information content (AvgIpc) is 3.02. The van der Waals surface area contributed by atoms with E-state index in [-0.39, 0.29) is 45.7 Å². The number of methoxy groups -OCH3 is 1.